The predicted octanol–water partition coefficient (Wildman–Crippen LogP) is 2.70. The molecule has 0 radical (unpaired) electrons. The third kappa shape index (κ3) is 4.03. The summed E-state index contributed by atoms with van der Waals surface area (Å²) >= 11 is 8.75. The van der Waals surface area contributed by atoms with Crippen molar-refractivity contribution in [3.63, 3.8) is 0 Å². The van der Waals surface area contributed by atoms with Crippen LogP contribution in [0.3, 0.4) is 0 Å². The Hall–Kier alpha value is -0.440. The van der Waals surface area contributed by atoms with Crippen molar-refractivity contribution in [2.75, 3.05) is 13.6 Å². The van der Waals surface area contributed by atoms with Gasteiger partial charge in [-0.25, -0.2) is 13.1 Å². The van der Waals surface area contributed by atoms with Crippen LogP contribution in [0.2, 0.25) is 4.34 Å². The number of hydrogen-bond acceptors (Lipinski definition) is 5. The Morgan fingerprint density at radius 1 is 1.30 bits per heavy atom. The van der Waals surface area contributed by atoms with Crippen LogP contribution >= 0.6 is 34.3 Å². The van der Waals surface area contributed by atoms with Crippen LogP contribution in [0.5, 0.6) is 0 Å². The Balaban J connectivity index is 1.98. The average molecular weight is 351 g/mol. The summed E-state index contributed by atoms with van der Waals surface area (Å²) < 4.78 is 27.8. The van der Waals surface area contributed by atoms with E-state index in [0.717, 1.165) is 14.1 Å². The molecule has 2 aromatic heterocycles. The molecule has 0 spiro atoms. The number of nitrogens with one attached hydrogen (secondary N) is 2. The lowest BCUT2D eigenvalue weighted by atomic mass is 10.3. The molecule has 0 unspecified atom stereocenters. The van der Waals surface area contributed by atoms with Crippen molar-refractivity contribution in [3.05, 3.63) is 37.7 Å². The maximum atomic E-state index is 12.2. The minimum absolute atomic E-state index is 0.362. The summed E-state index contributed by atoms with van der Waals surface area (Å²) in [7, 11) is -1.65. The summed E-state index contributed by atoms with van der Waals surface area (Å²) in [5.74, 6) is 0. The van der Waals surface area contributed by atoms with E-state index in [9.17, 15) is 8.42 Å². The molecule has 0 aliphatic carbocycles. The molecule has 2 heterocycles. The van der Waals surface area contributed by atoms with E-state index in [2.05, 4.69) is 10.0 Å². The molecule has 0 amide bonds. The van der Waals surface area contributed by atoms with Gasteiger partial charge in [-0.15, -0.1) is 22.7 Å². The molecule has 0 aliphatic rings. The van der Waals surface area contributed by atoms with Crippen LogP contribution in [-0.2, 0) is 23.0 Å². The number of halogens is 1. The minimum Gasteiger partial charge on any atom is -0.315 e. The quantitative estimate of drug-likeness (QED) is 0.807. The first kappa shape index (κ1) is 15.9. The molecule has 2 N–H and O–H groups in total. The fourth-order valence-corrected chi connectivity index (χ4v) is 5.30. The topological polar surface area (TPSA) is 58.2 Å². The standard InChI is InChI=1S/C12H15ClN2O2S3/c1-14-8-10-11(5-7-18-10)20(16,17)15-6-4-9-2-3-12(13)19-9/h2-3,5,7,14-15H,4,6,8H2,1H3. The van der Waals surface area contributed by atoms with Gasteiger partial charge < -0.3 is 5.32 Å². The molecule has 2 aromatic rings. The van der Waals surface area contributed by atoms with E-state index in [-0.39, 0.29) is 0 Å². The van der Waals surface area contributed by atoms with Gasteiger partial charge in [-0.3, -0.25) is 0 Å². The van der Waals surface area contributed by atoms with Gasteiger partial charge in [0.2, 0.25) is 10.0 Å². The Bertz CT molecular complexity index is 664. The molecule has 20 heavy (non-hydrogen) atoms. The lowest BCUT2D eigenvalue weighted by molar-refractivity contribution is 0.580. The third-order valence-electron chi connectivity index (χ3n) is 2.62. The van der Waals surface area contributed by atoms with Gasteiger partial charge in [0, 0.05) is 22.8 Å². The molecule has 0 saturated heterocycles. The lowest BCUT2D eigenvalue weighted by Crippen LogP contribution is -2.26. The van der Waals surface area contributed by atoms with Crippen molar-refractivity contribution in [2.24, 2.45) is 0 Å². The Kier molecular flexibility index (Phi) is 5.59. The van der Waals surface area contributed by atoms with Gasteiger partial charge in [0.1, 0.15) is 0 Å². The molecule has 8 heteroatoms. The van der Waals surface area contributed by atoms with Crippen LogP contribution < -0.4 is 10.0 Å². The number of sulfonamides is 1. The molecule has 0 aromatic carbocycles. The Morgan fingerprint density at radius 2 is 2.10 bits per heavy atom. The van der Waals surface area contributed by atoms with E-state index in [1.54, 1.807) is 18.5 Å². The van der Waals surface area contributed by atoms with E-state index < -0.39 is 10.0 Å². The zero-order valence-corrected chi connectivity index (χ0v) is 14.1. The van der Waals surface area contributed by atoms with Crippen LogP contribution in [0.1, 0.15) is 9.75 Å². The van der Waals surface area contributed by atoms with Crippen LogP contribution in [0, 0.1) is 0 Å². The van der Waals surface area contributed by atoms with E-state index in [4.69, 9.17) is 11.6 Å². The highest BCUT2D eigenvalue weighted by molar-refractivity contribution is 7.89. The van der Waals surface area contributed by atoms with Gasteiger partial charge in [0.25, 0.3) is 0 Å². The number of thiophene rings is 2. The van der Waals surface area contributed by atoms with Crippen molar-refractivity contribution in [3.8, 4) is 0 Å². The Morgan fingerprint density at radius 3 is 2.75 bits per heavy atom. The molecule has 0 saturated carbocycles. The van der Waals surface area contributed by atoms with Crippen LogP contribution in [0.25, 0.3) is 0 Å². The van der Waals surface area contributed by atoms with Crippen molar-refractivity contribution in [1.29, 1.82) is 0 Å². The molecule has 110 valence electrons. The second-order valence-corrected chi connectivity index (χ2v) is 8.63. The van der Waals surface area contributed by atoms with E-state index >= 15 is 0 Å². The van der Waals surface area contributed by atoms with Crippen LogP contribution in [0.4, 0.5) is 0 Å². The third-order valence-corrected chi connectivity index (χ3v) is 6.51. The molecule has 4 nitrogen and oxygen atoms in total. The first-order valence-electron chi connectivity index (χ1n) is 5.98. The van der Waals surface area contributed by atoms with Gasteiger partial charge in [-0.2, -0.15) is 0 Å². The summed E-state index contributed by atoms with van der Waals surface area (Å²) in [6, 6.07) is 5.37. The van der Waals surface area contributed by atoms with Gasteiger partial charge in [-0.05, 0) is 37.0 Å². The molecule has 0 fully saturated rings. The monoisotopic (exact) mass is 350 g/mol. The normalized spacial score (nSPS) is 11.9. The smallest absolute Gasteiger partial charge is 0.241 e. The molecule has 0 atom stereocenters. The van der Waals surface area contributed by atoms with E-state index in [1.807, 2.05) is 12.1 Å². The molecule has 0 aliphatic heterocycles. The van der Waals surface area contributed by atoms with E-state index in [1.165, 1.54) is 22.7 Å². The predicted molar refractivity (Wildman–Crippen MR) is 85.3 cm³/mol. The largest absolute Gasteiger partial charge is 0.315 e. The summed E-state index contributed by atoms with van der Waals surface area (Å²) in [6.45, 7) is 0.919. The zero-order chi connectivity index (χ0) is 14.6. The first-order chi connectivity index (χ1) is 9.53. The highest BCUT2D eigenvalue weighted by atomic mass is 35.5. The molecular formula is C12H15ClN2O2S3. The SMILES string of the molecule is CNCc1sccc1S(=O)(=O)NCCc1ccc(Cl)s1. The zero-order valence-electron chi connectivity index (χ0n) is 10.8. The van der Waals surface area contributed by atoms with Crippen LogP contribution in [0.15, 0.2) is 28.5 Å². The Labute approximate surface area is 131 Å². The van der Waals surface area contributed by atoms with Gasteiger partial charge in [0.05, 0.1) is 9.23 Å². The van der Waals surface area contributed by atoms with Gasteiger partial charge in [-0.1, -0.05) is 11.6 Å². The fraction of sp³-hybridized carbons (Fsp3) is 0.333. The fourth-order valence-electron chi connectivity index (χ4n) is 1.73. The maximum absolute atomic E-state index is 12.2. The molecule has 0 bridgehead atoms. The highest BCUT2D eigenvalue weighted by Gasteiger charge is 2.18. The second-order valence-electron chi connectivity index (χ2n) is 4.09. The summed E-state index contributed by atoms with van der Waals surface area (Å²) in [5, 5.41) is 4.76. The number of hydrogen-bond donors (Lipinski definition) is 2. The van der Waals surface area contributed by atoms with Crippen molar-refractivity contribution in [2.45, 2.75) is 17.9 Å². The summed E-state index contributed by atoms with van der Waals surface area (Å²) in [4.78, 5) is 2.25. The van der Waals surface area contributed by atoms with Gasteiger partial charge in [0.15, 0.2) is 0 Å². The molecule has 2 rings (SSSR count). The molecular weight excluding hydrogens is 336 g/mol. The minimum atomic E-state index is -3.44. The highest BCUT2D eigenvalue weighted by Crippen LogP contribution is 2.23. The average Bonchev–Trinajstić information content (AvgIpc) is 2.99. The van der Waals surface area contributed by atoms with Crippen molar-refractivity contribution < 1.29 is 8.42 Å². The lowest BCUT2D eigenvalue weighted by Gasteiger charge is -2.07. The first-order valence-corrected chi connectivity index (χ1v) is 9.53. The summed E-state index contributed by atoms with van der Waals surface area (Å²) in [5.41, 5.74) is 0. The van der Waals surface area contributed by atoms with Crippen LogP contribution in [-0.4, -0.2) is 22.0 Å². The number of rotatable bonds is 7. The van der Waals surface area contributed by atoms with Gasteiger partial charge >= 0.3 is 0 Å². The van der Waals surface area contributed by atoms with Crippen molar-refractivity contribution in [1.82, 2.24) is 10.0 Å². The maximum Gasteiger partial charge on any atom is 0.241 e. The van der Waals surface area contributed by atoms with Crippen molar-refractivity contribution >= 4 is 44.3 Å². The second kappa shape index (κ2) is 7.02. The summed E-state index contributed by atoms with van der Waals surface area (Å²) in [6.07, 6.45) is 0.641. The van der Waals surface area contributed by atoms with E-state index in [0.29, 0.717) is 24.4 Å².